The summed E-state index contributed by atoms with van der Waals surface area (Å²) in [6, 6.07) is 2.48. The zero-order chi connectivity index (χ0) is 10.6. The molecule has 0 aromatic carbocycles. The Kier molecular flexibility index (Phi) is 4.81. The van der Waals surface area contributed by atoms with Gasteiger partial charge in [0.1, 0.15) is 0 Å². The van der Waals surface area contributed by atoms with Gasteiger partial charge in [0.25, 0.3) is 0 Å². The summed E-state index contributed by atoms with van der Waals surface area (Å²) in [6.45, 7) is 6.82. The molecule has 3 unspecified atom stereocenters. The zero-order valence-corrected chi connectivity index (χ0v) is 10.3. The first-order valence-electron chi connectivity index (χ1n) is 5.64. The first-order valence-corrected chi connectivity index (χ1v) is 6.69. The van der Waals surface area contributed by atoms with E-state index in [9.17, 15) is 0 Å². The van der Waals surface area contributed by atoms with Crippen LogP contribution >= 0.6 is 11.8 Å². The van der Waals surface area contributed by atoms with Crippen molar-refractivity contribution in [2.75, 3.05) is 5.75 Å². The predicted molar refractivity (Wildman–Crippen MR) is 63.2 cm³/mol. The Morgan fingerprint density at radius 3 is 2.71 bits per heavy atom. The van der Waals surface area contributed by atoms with E-state index in [1.807, 2.05) is 11.8 Å². The standard InChI is InChI=1S/C12H21NS/c1-9(2)8-14-12-6-10(3)4-5-11(12)7-13/h9-12H,4-6,8H2,1-3H3. The van der Waals surface area contributed by atoms with Gasteiger partial charge >= 0.3 is 0 Å². The second-order valence-electron chi connectivity index (χ2n) is 4.92. The number of rotatable bonds is 3. The van der Waals surface area contributed by atoms with Crippen LogP contribution in [0.3, 0.4) is 0 Å². The third-order valence-electron chi connectivity index (χ3n) is 2.86. The van der Waals surface area contributed by atoms with Gasteiger partial charge in [-0.2, -0.15) is 17.0 Å². The minimum absolute atomic E-state index is 0.315. The van der Waals surface area contributed by atoms with Crippen LogP contribution in [0.25, 0.3) is 0 Å². The van der Waals surface area contributed by atoms with Crippen molar-refractivity contribution in [3.8, 4) is 6.07 Å². The Bertz CT molecular complexity index is 207. The molecule has 2 heteroatoms. The Labute approximate surface area is 92.3 Å². The fourth-order valence-electron chi connectivity index (χ4n) is 1.98. The van der Waals surface area contributed by atoms with Crippen molar-refractivity contribution in [3.63, 3.8) is 0 Å². The van der Waals surface area contributed by atoms with Gasteiger partial charge in [0.15, 0.2) is 0 Å². The van der Waals surface area contributed by atoms with Gasteiger partial charge in [-0.3, -0.25) is 0 Å². The fourth-order valence-corrected chi connectivity index (χ4v) is 3.50. The molecule has 0 saturated heterocycles. The smallest absolute Gasteiger partial charge is 0.0667 e. The van der Waals surface area contributed by atoms with E-state index in [-0.39, 0.29) is 0 Å². The van der Waals surface area contributed by atoms with Crippen LogP contribution in [0.2, 0.25) is 0 Å². The van der Waals surface area contributed by atoms with E-state index in [0.29, 0.717) is 11.2 Å². The molecule has 0 radical (unpaired) electrons. The molecule has 80 valence electrons. The van der Waals surface area contributed by atoms with Gasteiger partial charge < -0.3 is 0 Å². The zero-order valence-electron chi connectivity index (χ0n) is 9.49. The highest BCUT2D eigenvalue weighted by Gasteiger charge is 2.28. The van der Waals surface area contributed by atoms with Crippen molar-refractivity contribution in [2.45, 2.75) is 45.3 Å². The van der Waals surface area contributed by atoms with Gasteiger partial charge in [-0.1, -0.05) is 20.8 Å². The van der Waals surface area contributed by atoms with Gasteiger partial charge in [0.2, 0.25) is 0 Å². The molecule has 1 fully saturated rings. The summed E-state index contributed by atoms with van der Waals surface area (Å²) in [4.78, 5) is 0. The normalized spacial score (nSPS) is 32.9. The van der Waals surface area contributed by atoms with Gasteiger partial charge in [-0.15, -0.1) is 0 Å². The van der Waals surface area contributed by atoms with Crippen molar-refractivity contribution in [2.24, 2.45) is 17.8 Å². The van der Waals surface area contributed by atoms with E-state index < -0.39 is 0 Å². The quantitative estimate of drug-likeness (QED) is 0.710. The number of nitriles is 1. The predicted octanol–water partition coefficient (Wildman–Crippen LogP) is 3.70. The summed E-state index contributed by atoms with van der Waals surface area (Å²) in [6.07, 6.45) is 3.61. The minimum Gasteiger partial charge on any atom is -0.198 e. The van der Waals surface area contributed by atoms with Crippen LogP contribution in [-0.2, 0) is 0 Å². The molecule has 1 aliphatic carbocycles. The van der Waals surface area contributed by atoms with Crippen molar-refractivity contribution < 1.29 is 0 Å². The van der Waals surface area contributed by atoms with Crippen molar-refractivity contribution in [1.29, 1.82) is 5.26 Å². The molecule has 0 amide bonds. The Morgan fingerprint density at radius 2 is 2.14 bits per heavy atom. The molecule has 0 bridgehead atoms. The summed E-state index contributed by atoms with van der Waals surface area (Å²) in [5.41, 5.74) is 0. The minimum atomic E-state index is 0.315. The molecule has 0 spiro atoms. The molecular weight excluding hydrogens is 190 g/mol. The molecule has 14 heavy (non-hydrogen) atoms. The molecule has 0 aromatic rings. The number of hydrogen-bond acceptors (Lipinski definition) is 2. The number of thioether (sulfide) groups is 1. The van der Waals surface area contributed by atoms with E-state index in [0.717, 1.165) is 18.3 Å². The summed E-state index contributed by atoms with van der Waals surface area (Å²) >= 11 is 2.02. The topological polar surface area (TPSA) is 23.8 Å². The van der Waals surface area contributed by atoms with Gasteiger partial charge in [-0.25, -0.2) is 0 Å². The van der Waals surface area contributed by atoms with Crippen LogP contribution in [0.15, 0.2) is 0 Å². The van der Waals surface area contributed by atoms with Crippen molar-refractivity contribution in [1.82, 2.24) is 0 Å². The molecule has 1 saturated carbocycles. The maximum atomic E-state index is 9.05. The van der Waals surface area contributed by atoms with E-state index in [4.69, 9.17) is 5.26 Å². The molecule has 0 N–H and O–H groups in total. The van der Waals surface area contributed by atoms with Gasteiger partial charge in [0.05, 0.1) is 12.0 Å². The Balaban J connectivity index is 2.41. The third-order valence-corrected chi connectivity index (χ3v) is 4.67. The average molecular weight is 211 g/mol. The maximum Gasteiger partial charge on any atom is 0.0667 e. The molecule has 0 aromatic heterocycles. The number of nitrogens with zero attached hydrogens (tertiary/aromatic N) is 1. The molecule has 1 nitrogen and oxygen atoms in total. The summed E-state index contributed by atoms with van der Waals surface area (Å²) in [7, 11) is 0. The highest BCUT2D eigenvalue weighted by molar-refractivity contribution is 7.99. The van der Waals surface area contributed by atoms with Crippen LogP contribution in [0.4, 0.5) is 0 Å². The van der Waals surface area contributed by atoms with Gasteiger partial charge in [-0.05, 0) is 36.9 Å². The van der Waals surface area contributed by atoms with E-state index >= 15 is 0 Å². The highest BCUT2D eigenvalue weighted by atomic mass is 32.2. The third kappa shape index (κ3) is 3.53. The van der Waals surface area contributed by atoms with E-state index in [2.05, 4.69) is 26.8 Å². The lowest BCUT2D eigenvalue weighted by molar-refractivity contribution is 0.345. The lowest BCUT2D eigenvalue weighted by Crippen LogP contribution is -2.25. The fraction of sp³-hybridized carbons (Fsp3) is 0.917. The average Bonchev–Trinajstić information content (AvgIpc) is 2.15. The molecule has 1 rings (SSSR count). The van der Waals surface area contributed by atoms with Crippen LogP contribution < -0.4 is 0 Å². The highest BCUT2D eigenvalue weighted by Crippen LogP contribution is 2.36. The largest absolute Gasteiger partial charge is 0.198 e. The summed E-state index contributed by atoms with van der Waals surface area (Å²) in [5.74, 6) is 3.09. The Morgan fingerprint density at radius 1 is 1.43 bits per heavy atom. The second-order valence-corrected chi connectivity index (χ2v) is 6.19. The van der Waals surface area contributed by atoms with Crippen LogP contribution in [-0.4, -0.2) is 11.0 Å². The van der Waals surface area contributed by atoms with Gasteiger partial charge in [0, 0.05) is 5.25 Å². The SMILES string of the molecule is CC(C)CSC1CC(C)CCC1C#N. The molecule has 1 aliphatic rings. The van der Waals surface area contributed by atoms with Crippen molar-refractivity contribution in [3.05, 3.63) is 0 Å². The van der Waals surface area contributed by atoms with Crippen molar-refractivity contribution >= 4 is 11.8 Å². The van der Waals surface area contributed by atoms with Crippen LogP contribution in [0.5, 0.6) is 0 Å². The van der Waals surface area contributed by atoms with Crippen LogP contribution in [0.1, 0.15) is 40.0 Å². The monoisotopic (exact) mass is 211 g/mol. The first-order chi connectivity index (χ1) is 6.63. The molecule has 3 atom stereocenters. The lowest BCUT2D eigenvalue weighted by Gasteiger charge is -2.30. The number of hydrogen-bond donors (Lipinski definition) is 0. The van der Waals surface area contributed by atoms with E-state index in [1.165, 1.54) is 18.6 Å². The Hall–Kier alpha value is -0.160. The van der Waals surface area contributed by atoms with E-state index in [1.54, 1.807) is 0 Å². The lowest BCUT2D eigenvalue weighted by atomic mass is 9.83. The summed E-state index contributed by atoms with van der Waals surface area (Å²) in [5, 5.41) is 9.65. The van der Waals surface area contributed by atoms with Crippen LogP contribution in [0, 0.1) is 29.1 Å². The maximum absolute atomic E-state index is 9.05. The summed E-state index contributed by atoms with van der Waals surface area (Å²) < 4.78 is 0. The molecular formula is C12H21NS. The first kappa shape index (κ1) is 11.9. The molecule has 0 heterocycles. The second kappa shape index (κ2) is 5.66. The molecule has 0 aliphatic heterocycles.